The molecule has 0 radical (unpaired) electrons. The number of fused-ring (bicyclic) bond motifs is 3. The van der Waals surface area contributed by atoms with Crippen LogP contribution in [0.4, 0.5) is 5.95 Å². The molecule has 1 aliphatic heterocycles. The van der Waals surface area contributed by atoms with Crippen LogP contribution in [-0.2, 0) is 21.4 Å². The van der Waals surface area contributed by atoms with E-state index in [1.165, 1.54) is 0 Å². The third-order valence-electron chi connectivity index (χ3n) is 5.82. The molecule has 11 heteroatoms. The second-order valence-corrected chi connectivity index (χ2v) is 10.3. The molecule has 3 heterocycles. The predicted octanol–water partition coefficient (Wildman–Crippen LogP) is 2.98. The Kier molecular flexibility index (Phi) is 5.69. The number of piperazine rings is 1. The number of nitrogens with zero attached hydrogens (tertiary/aromatic N) is 6. The lowest BCUT2D eigenvalue weighted by atomic mass is 10.2. The summed E-state index contributed by atoms with van der Waals surface area (Å²) in [6, 6.07) is 13.7. The van der Waals surface area contributed by atoms with E-state index in [9.17, 15) is 8.42 Å². The quantitative estimate of drug-likeness (QED) is 0.428. The van der Waals surface area contributed by atoms with Crippen LogP contribution in [0.3, 0.4) is 0 Å². The molecule has 1 atom stereocenters. The molecular weight excluding hydrogens is 464 g/mol. The van der Waals surface area contributed by atoms with Gasteiger partial charge in [0.1, 0.15) is 6.61 Å². The molecule has 4 aromatic rings. The van der Waals surface area contributed by atoms with Crippen molar-refractivity contribution in [3.05, 3.63) is 59.4 Å². The van der Waals surface area contributed by atoms with E-state index in [1.807, 2.05) is 17.4 Å². The van der Waals surface area contributed by atoms with Gasteiger partial charge in [-0.2, -0.15) is 4.31 Å². The van der Waals surface area contributed by atoms with Gasteiger partial charge >= 0.3 is 0 Å². The van der Waals surface area contributed by atoms with Crippen molar-refractivity contribution in [1.29, 1.82) is 0 Å². The number of anilines is 1. The molecule has 0 amide bonds. The van der Waals surface area contributed by atoms with Gasteiger partial charge in [0.25, 0.3) is 0 Å². The number of ether oxygens (including phenoxy) is 1. The molecule has 0 bridgehead atoms. The van der Waals surface area contributed by atoms with Crippen molar-refractivity contribution in [1.82, 2.24) is 23.9 Å². The molecule has 0 saturated carbocycles. The number of hydrogen-bond acceptors (Lipinski definition) is 7. The fourth-order valence-corrected chi connectivity index (χ4v) is 6.09. The maximum Gasteiger partial charge on any atom is 0.243 e. The molecule has 5 rings (SSSR count). The first-order valence-corrected chi connectivity index (χ1v) is 12.4. The second-order valence-electron chi connectivity index (χ2n) is 8.01. The summed E-state index contributed by atoms with van der Waals surface area (Å²) in [6.07, 6.45) is 0. The van der Waals surface area contributed by atoms with Crippen LogP contribution in [-0.4, -0.2) is 65.1 Å². The Labute approximate surface area is 196 Å². The van der Waals surface area contributed by atoms with Crippen molar-refractivity contribution in [3.8, 4) is 0 Å². The first-order chi connectivity index (χ1) is 15.9. The zero-order chi connectivity index (χ0) is 23.2. The molecule has 2 aromatic heterocycles. The molecule has 1 aliphatic rings. The predicted molar refractivity (Wildman–Crippen MR) is 126 cm³/mol. The van der Waals surface area contributed by atoms with Gasteiger partial charge in [-0.15, -0.1) is 10.2 Å². The maximum atomic E-state index is 13.2. The largest absolute Gasteiger partial charge is 0.377 e. The van der Waals surface area contributed by atoms with Crippen LogP contribution in [0, 0.1) is 0 Å². The highest BCUT2D eigenvalue weighted by Gasteiger charge is 2.35. The molecule has 1 fully saturated rings. The molecule has 2 aromatic carbocycles. The molecule has 172 valence electrons. The minimum absolute atomic E-state index is 0.266. The molecule has 33 heavy (non-hydrogen) atoms. The summed E-state index contributed by atoms with van der Waals surface area (Å²) in [5, 5.41) is 10.1. The second kappa shape index (κ2) is 8.53. The summed E-state index contributed by atoms with van der Waals surface area (Å²) in [6.45, 7) is 3.44. The van der Waals surface area contributed by atoms with Gasteiger partial charge in [0.05, 0.1) is 10.4 Å². The molecule has 0 aliphatic carbocycles. The van der Waals surface area contributed by atoms with E-state index in [2.05, 4.69) is 15.1 Å². The third-order valence-corrected chi connectivity index (χ3v) is 8.09. The summed E-state index contributed by atoms with van der Waals surface area (Å²) in [4.78, 5) is 7.25. The van der Waals surface area contributed by atoms with E-state index in [-0.39, 0.29) is 12.6 Å². The highest BCUT2D eigenvalue weighted by atomic mass is 35.5. The molecule has 1 unspecified atom stereocenters. The van der Waals surface area contributed by atoms with Gasteiger partial charge in [-0.05, 0) is 37.3 Å². The van der Waals surface area contributed by atoms with Crippen molar-refractivity contribution >= 4 is 44.1 Å². The van der Waals surface area contributed by atoms with Crippen molar-refractivity contribution in [2.75, 3.05) is 31.6 Å². The lowest BCUT2D eigenvalue weighted by molar-refractivity contribution is 0.177. The topological polar surface area (TPSA) is 92.9 Å². The maximum absolute atomic E-state index is 13.2. The fraction of sp³-hybridized carbons (Fsp3) is 0.318. The Morgan fingerprint density at radius 1 is 1.12 bits per heavy atom. The van der Waals surface area contributed by atoms with Crippen LogP contribution >= 0.6 is 11.6 Å². The SMILES string of the molecule is COCc1nnc2c3ccc(Cl)cc3nc(N3CCN(S(=O)(=O)c4ccccc4)C(C)C3)n12. The summed E-state index contributed by atoms with van der Waals surface area (Å²) in [7, 11) is -1.99. The van der Waals surface area contributed by atoms with E-state index < -0.39 is 10.0 Å². The zero-order valence-electron chi connectivity index (χ0n) is 18.2. The highest BCUT2D eigenvalue weighted by molar-refractivity contribution is 7.89. The van der Waals surface area contributed by atoms with E-state index >= 15 is 0 Å². The number of rotatable bonds is 5. The average molecular weight is 487 g/mol. The number of sulfonamides is 1. The van der Waals surface area contributed by atoms with Crippen LogP contribution in [0.25, 0.3) is 16.6 Å². The van der Waals surface area contributed by atoms with Crippen molar-refractivity contribution in [3.63, 3.8) is 0 Å². The fourth-order valence-electron chi connectivity index (χ4n) is 4.29. The Hall–Kier alpha value is -2.79. The molecule has 0 spiro atoms. The lowest BCUT2D eigenvalue weighted by Gasteiger charge is -2.39. The Bertz CT molecular complexity index is 1430. The molecule has 1 saturated heterocycles. The monoisotopic (exact) mass is 486 g/mol. The van der Waals surface area contributed by atoms with Gasteiger partial charge in [0.15, 0.2) is 11.5 Å². The summed E-state index contributed by atoms with van der Waals surface area (Å²) in [5.41, 5.74) is 1.36. The van der Waals surface area contributed by atoms with E-state index in [0.717, 1.165) is 5.39 Å². The number of hydrogen-bond donors (Lipinski definition) is 0. The number of aromatic nitrogens is 4. The van der Waals surface area contributed by atoms with Crippen LogP contribution in [0.2, 0.25) is 5.02 Å². The minimum Gasteiger partial charge on any atom is -0.377 e. The van der Waals surface area contributed by atoms with Crippen molar-refractivity contribution in [2.24, 2.45) is 0 Å². The van der Waals surface area contributed by atoms with Crippen LogP contribution in [0.1, 0.15) is 12.7 Å². The van der Waals surface area contributed by atoms with Crippen LogP contribution in [0.5, 0.6) is 0 Å². The van der Waals surface area contributed by atoms with Gasteiger partial charge in [-0.3, -0.25) is 0 Å². The van der Waals surface area contributed by atoms with Gasteiger partial charge < -0.3 is 9.64 Å². The number of methoxy groups -OCH3 is 1. The average Bonchev–Trinajstić information content (AvgIpc) is 3.23. The van der Waals surface area contributed by atoms with Gasteiger partial charge in [-0.25, -0.2) is 17.8 Å². The molecule has 9 nitrogen and oxygen atoms in total. The summed E-state index contributed by atoms with van der Waals surface area (Å²) >= 11 is 6.22. The van der Waals surface area contributed by atoms with Gasteiger partial charge in [0.2, 0.25) is 16.0 Å². The molecule has 0 N–H and O–H groups in total. The Morgan fingerprint density at radius 2 is 1.91 bits per heavy atom. The standard InChI is InChI=1S/C22H23ClN6O3S/c1-15-13-27(10-11-28(15)33(30,31)17-6-4-3-5-7-17)22-24-19-12-16(23)8-9-18(19)21-26-25-20(14-32-2)29(21)22/h3-9,12,15H,10-11,13-14H2,1-2H3. The first-order valence-electron chi connectivity index (χ1n) is 10.5. The summed E-state index contributed by atoms with van der Waals surface area (Å²) < 4.78 is 35.2. The molecular formula is C22H23ClN6O3S. The first kappa shape index (κ1) is 22.0. The van der Waals surface area contributed by atoms with E-state index in [4.69, 9.17) is 21.3 Å². The lowest BCUT2D eigenvalue weighted by Crippen LogP contribution is -2.54. The summed E-state index contributed by atoms with van der Waals surface area (Å²) in [5.74, 6) is 1.26. The van der Waals surface area contributed by atoms with E-state index in [0.29, 0.717) is 52.5 Å². The van der Waals surface area contributed by atoms with Crippen molar-refractivity contribution < 1.29 is 13.2 Å². The Morgan fingerprint density at radius 3 is 2.64 bits per heavy atom. The van der Waals surface area contributed by atoms with Crippen LogP contribution < -0.4 is 4.90 Å². The minimum atomic E-state index is -3.59. The number of halogens is 1. The third kappa shape index (κ3) is 3.82. The smallest absolute Gasteiger partial charge is 0.243 e. The Balaban J connectivity index is 1.55. The zero-order valence-corrected chi connectivity index (χ0v) is 19.8. The van der Waals surface area contributed by atoms with Gasteiger partial charge in [0, 0.05) is 43.2 Å². The highest BCUT2D eigenvalue weighted by Crippen LogP contribution is 2.29. The van der Waals surface area contributed by atoms with Crippen LogP contribution in [0.15, 0.2) is 53.4 Å². The van der Waals surface area contributed by atoms with Crippen molar-refractivity contribution in [2.45, 2.75) is 24.5 Å². The van der Waals surface area contributed by atoms with E-state index in [1.54, 1.807) is 53.9 Å². The van der Waals surface area contributed by atoms with Gasteiger partial charge in [-0.1, -0.05) is 29.8 Å². The normalized spacial score (nSPS) is 17.8. The number of benzene rings is 2.